The van der Waals surface area contributed by atoms with Crippen LogP contribution in [0.2, 0.25) is 0 Å². The van der Waals surface area contributed by atoms with Crippen LogP contribution in [0.5, 0.6) is 0 Å². The van der Waals surface area contributed by atoms with Gasteiger partial charge in [0.05, 0.1) is 5.69 Å². The monoisotopic (exact) mass is 895 g/mol. The molecular formula is C68H49NO. The lowest BCUT2D eigenvalue weighted by atomic mass is 9.72. The molecule has 0 N–H and O–H groups in total. The van der Waals surface area contributed by atoms with Crippen LogP contribution in [-0.4, -0.2) is 0 Å². The molecule has 2 heteroatoms. The van der Waals surface area contributed by atoms with E-state index in [2.05, 4.69) is 257 Å². The lowest BCUT2D eigenvalue weighted by molar-refractivity contribution is 0.600. The van der Waals surface area contributed by atoms with Crippen LogP contribution < -0.4 is 4.90 Å². The maximum atomic E-state index is 7.54. The third-order valence-electron chi connectivity index (χ3n) is 15.8. The van der Waals surface area contributed by atoms with Crippen LogP contribution in [0.1, 0.15) is 49.9 Å². The van der Waals surface area contributed by atoms with Crippen molar-refractivity contribution in [2.45, 2.75) is 38.5 Å². The van der Waals surface area contributed by atoms with Gasteiger partial charge in [0, 0.05) is 38.5 Å². The number of benzene rings is 11. The number of furan rings is 1. The van der Waals surface area contributed by atoms with E-state index in [1.165, 1.54) is 105 Å². The zero-order valence-electron chi connectivity index (χ0n) is 39.7. The Kier molecular flexibility index (Phi) is 8.71. The molecule has 0 saturated carbocycles. The van der Waals surface area contributed by atoms with Crippen molar-refractivity contribution in [1.29, 1.82) is 0 Å². The summed E-state index contributed by atoms with van der Waals surface area (Å²) in [5.74, 6) is 0. The minimum atomic E-state index is -0.344. The van der Waals surface area contributed by atoms with Gasteiger partial charge in [-0.3, -0.25) is 0 Å². The third kappa shape index (κ3) is 5.68. The van der Waals surface area contributed by atoms with Gasteiger partial charge in [-0.1, -0.05) is 210 Å². The fourth-order valence-corrected chi connectivity index (χ4v) is 12.7. The summed E-state index contributed by atoms with van der Waals surface area (Å²) < 4.78 is 7.54. The maximum absolute atomic E-state index is 7.54. The van der Waals surface area contributed by atoms with Gasteiger partial charge in [-0.05, 0) is 136 Å². The highest BCUT2D eigenvalue weighted by molar-refractivity contribution is 6.24. The molecule has 12 aromatic rings. The Morgan fingerprint density at radius 1 is 0.329 bits per heavy atom. The highest BCUT2D eigenvalue weighted by Gasteiger charge is 2.48. The second-order valence-electron chi connectivity index (χ2n) is 20.3. The van der Waals surface area contributed by atoms with Gasteiger partial charge >= 0.3 is 0 Å². The summed E-state index contributed by atoms with van der Waals surface area (Å²) in [6.07, 6.45) is 0. The molecule has 0 fully saturated rings. The Hall–Kier alpha value is -8.46. The van der Waals surface area contributed by atoms with Crippen LogP contribution in [0.3, 0.4) is 0 Å². The van der Waals surface area contributed by atoms with E-state index >= 15 is 0 Å². The van der Waals surface area contributed by atoms with Gasteiger partial charge in [0.25, 0.3) is 0 Å². The highest BCUT2D eigenvalue weighted by atomic mass is 16.3. The van der Waals surface area contributed by atoms with Crippen molar-refractivity contribution < 1.29 is 4.42 Å². The Morgan fingerprint density at radius 3 is 1.44 bits per heavy atom. The number of para-hydroxylation sites is 3. The zero-order chi connectivity index (χ0) is 46.9. The molecule has 0 saturated heterocycles. The molecule has 1 heterocycles. The fourth-order valence-electron chi connectivity index (χ4n) is 12.7. The van der Waals surface area contributed by atoms with Crippen molar-refractivity contribution in [3.8, 4) is 55.6 Å². The maximum Gasteiger partial charge on any atom is 0.159 e. The first kappa shape index (κ1) is 40.6. The Bertz CT molecular complexity index is 4010. The number of nitrogens with zero attached hydrogens (tertiary/aromatic N) is 1. The second kappa shape index (κ2) is 15.0. The molecule has 0 aliphatic heterocycles. The van der Waals surface area contributed by atoms with Gasteiger partial charge in [0.1, 0.15) is 5.58 Å². The van der Waals surface area contributed by atoms with Crippen LogP contribution in [0.4, 0.5) is 17.1 Å². The predicted molar refractivity (Wildman–Crippen MR) is 295 cm³/mol. The molecule has 332 valence electrons. The Balaban J connectivity index is 1.04. The van der Waals surface area contributed by atoms with Gasteiger partial charge < -0.3 is 9.32 Å². The SMILES string of the molecule is CC1(C)c2ccccc2-c2c1c1c(c3c2oc2c(N(c4ccccc4)c4ccccc4)cccc23)-c2ccc(-c3c4ccccc4c(-c4cccc(-c5ccccc5)c4)c4ccccc34)cc2C1(C)C. The summed E-state index contributed by atoms with van der Waals surface area (Å²) in [6, 6.07) is 82.3. The lowest BCUT2D eigenvalue weighted by Gasteiger charge is -2.31. The summed E-state index contributed by atoms with van der Waals surface area (Å²) in [7, 11) is 0. The molecule has 11 aromatic carbocycles. The standard InChI is InChI=1S/C68H49NO/c1-67(2)55-36-19-18-34-52(55)62-64(67)63-60(61-54-35-21-37-57(65(54)70-66(61)62)69(46-26-10-6-11-27-46)47-28-12-7-13-29-47)53-39-38-45(41-56(53)68(63,3)4)59-50-32-16-14-30-48(50)58(49-31-15-17-33-51(49)59)44-25-20-24-43(40-44)42-22-8-5-9-23-42/h5-41H,1-4H3. The van der Waals surface area contributed by atoms with Gasteiger partial charge in [0.2, 0.25) is 0 Å². The van der Waals surface area contributed by atoms with E-state index < -0.39 is 0 Å². The molecular weight excluding hydrogens is 847 g/mol. The number of fused-ring (bicyclic) bond motifs is 14. The first-order valence-corrected chi connectivity index (χ1v) is 24.6. The highest BCUT2D eigenvalue weighted by Crippen LogP contribution is 2.64. The molecule has 2 aliphatic rings. The number of anilines is 3. The molecule has 0 radical (unpaired) electrons. The summed E-state index contributed by atoms with van der Waals surface area (Å²) in [6.45, 7) is 9.77. The number of hydrogen-bond acceptors (Lipinski definition) is 2. The molecule has 14 rings (SSSR count). The van der Waals surface area contributed by atoms with Crippen molar-refractivity contribution in [1.82, 2.24) is 0 Å². The largest absolute Gasteiger partial charge is 0.453 e. The van der Waals surface area contributed by atoms with Crippen LogP contribution in [0.25, 0.3) is 99.1 Å². The smallest absolute Gasteiger partial charge is 0.159 e. The third-order valence-corrected chi connectivity index (χ3v) is 15.8. The van der Waals surface area contributed by atoms with E-state index in [1.807, 2.05) is 0 Å². The van der Waals surface area contributed by atoms with E-state index in [1.54, 1.807) is 0 Å². The van der Waals surface area contributed by atoms with Gasteiger partial charge in [-0.15, -0.1) is 0 Å². The van der Waals surface area contributed by atoms with Crippen LogP contribution in [0, 0.1) is 0 Å². The summed E-state index contributed by atoms with van der Waals surface area (Å²) in [4.78, 5) is 2.34. The van der Waals surface area contributed by atoms with E-state index in [-0.39, 0.29) is 10.8 Å². The van der Waals surface area contributed by atoms with Crippen molar-refractivity contribution in [2.75, 3.05) is 4.90 Å². The van der Waals surface area contributed by atoms with Crippen molar-refractivity contribution >= 4 is 60.5 Å². The summed E-state index contributed by atoms with van der Waals surface area (Å²) in [5, 5.41) is 7.33. The van der Waals surface area contributed by atoms with Crippen molar-refractivity contribution in [2.24, 2.45) is 0 Å². The number of hydrogen-bond donors (Lipinski definition) is 0. The molecule has 0 atom stereocenters. The Labute approximate surface area is 408 Å². The van der Waals surface area contributed by atoms with Gasteiger partial charge in [0.15, 0.2) is 5.58 Å². The van der Waals surface area contributed by atoms with Crippen LogP contribution >= 0.6 is 0 Å². The van der Waals surface area contributed by atoms with Gasteiger partial charge in [-0.2, -0.15) is 0 Å². The molecule has 0 amide bonds. The fraction of sp³-hybridized carbons (Fsp3) is 0.0882. The van der Waals surface area contributed by atoms with Crippen LogP contribution in [-0.2, 0) is 10.8 Å². The Morgan fingerprint density at radius 2 is 0.800 bits per heavy atom. The molecule has 0 spiro atoms. The first-order chi connectivity index (χ1) is 34.3. The van der Waals surface area contributed by atoms with E-state index in [4.69, 9.17) is 4.42 Å². The molecule has 1 aromatic heterocycles. The topological polar surface area (TPSA) is 16.4 Å². The minimum Gasteiger partial charge on any atom is -0.453 e. The quantitative estimate of drug-likeness (QED) is 0.155. The average Bonchev–Trinajstić information content (AvgIpc) is 3.99. The number of rotatable bonds is 6. The lowest BCUT2D eigenvalue weighted by Crippen LogP contribution is -2.24. The molecule has 2 nitrogen and oxygen atoms in total. The molecule has 0 unspecified atom stereocenters. The minimum absolute atomic E-state index is 0.270. The van der Waals surface area contributed by atoms with Gasteiger partial charge in [-0.25, -0.2) is 0 Å². The summed E-state index contributed by atoms with van der Waals surface area (Å²) >= 11 is 0. The zero-order valence-corrected chi connectivity index (χ0v) is 39.7. The normalized spacial score (nSPS) is 13.9. The van der Waals surface area contributed by atoms with Crippen LogP contribution in [0.15, 0.2) is 229 Å². The molecule has 0 bridgehead atoms. The van der Waals surface area contributed by atoms with Crippen molar-refractivity contribution in [3.05, 3.63) is 247 Å². The molecule has 70 heavy (non-hydrogen) atoms. The average molecular weight is 896 g/mol. The summed E-state index contributed by atoms with van der Waals surface area (Å²) in [5.41, 5.74) is 22.4. The van der Waals surface area contributed by atoms with Crippen molar-refractivity contribution in [3.63, 3.8) is 0 Å². The first-order valence-electron chi connectivity index (χ1n) is 24.6. The van der Waals surface area contributed by atoms with E-state index in [0.29, 0.717) is 0 Å². The van der Waals surface area contributed by atoms with E-state index in [9.17, 15) is 0 Å². The predicted octanol–water partition coefficient (Wildman–Crippen LogP) is 19.0. The second-order valence-corrected chi connectivity index (χ2v) is 20.3. The van der Waals surface area contributed by atoms with E-state index in [0.717, 1.165) is 33.6 Å². The molecule has 2 aliphatic carbocycles.